The summed E-state index contributed by atoms with van der Waals surface area (Å²) in [5.74, 6) is 0. The van der Waals surface area contributed by atoms with Gasteiger partial charge in [-0.1, -0.05) is 33.1 Å². The first-order chi connectivity index (χ1) is 8.08. The number of nitrogens with one attached hydrogen (secondary N) is 1. The number of ether oxygens (including phenoxy) is 1. The van der Waals surface area contributed by atoms with E-state index in [0.717, 1.165) is 13.1 Å². The van der Waals surface area contributed by atoms with Gasteiger partial charge < -0.3 is 10.1 Å². The van der Waals surface area contributed by atoms with Crippen molar-refractivity contribution < 1.29 is 4.74 Å². The predicted molar refractivity (Wildman–Crippen MR) is 70.1 cm³/mol. The molecule has 0 amide bonds. The summed E-state index contributed by atoms with van der Waals surface area (Å²) in [4.78, 5) is 0. The van der Waals surface area contributed by atoms with Crippen LogP contribution in [0, 0.1) is 5.41 Å². The smallest absolute Gasteiger partial charge is 0.0864 e. The van der Waals surface area contributed by atoms with Gasteiger partial charge in [0.15, 0.2) is 0 Å². The Hall–Kier alpha value is -0.0800. The Morgan fingerprint density at radius 3 is 2.24 bits per heavy atom. The van der Waals surface area contributed by atoms with Gasteiger partial charge in [0.1, 0.15) is 0 Å². The normalized spacial score (nSPS) is 39.9. The van der Waals surface area contributed by atoms with Crippen molar-refractivity contribution in [3.8, 4) is 0 Å². The molecular weight excluding hydrogens is 210 g/mol. The largest absolute Gasteiger partial charge is 0.365 e. The summed E-state index contributed by atoms with van der Waals surface area (Å²) in [6.45, 7) is 6.97. The van der Waals surface area contributed by atoms with Crippen molar-refractivity contribution >= 4 is 0 Å². The van der Waals surface area contributed by atoms with E-state index >= 15 is 0 Å². The van der Waals surface area contributed by atoms with E-state index in [4.69, 9.17) is 4.74 Å². The second-order valence-electron chi connectivity index (χ2n) is 7.18. The summed E-state index contributed by atoms with van der Waals surface area (Å²) < 4.78 is 6.82. The monoisotopic (exact) mass is 237 g/mol. The number of hydrogen-bond acceptors (Lipinski definition) is 2. The van der Waals surface area contributed by atoms with Crippen molar-refractivity contribution in [2.24, 2.45) is 5.41 Å². The third kappa shape index (κ3) is 1.84. The van der Waals surface area contributed by atoms with Crippen molar-refractivity contribution in [1.82, 2.24) is 5.32 Å². The lowest BCUT2D eigenvalue weighted by molar-refractivity contribution is -0.223. The average molecular weight is 237 g/mol. The highest BCUT2D eigenvalue weighted by Gasteiger charge is 2.55. The van der Waals surface area contributed by atoms with Gasteiger partial charge in [0.2, 0.25) is 0 Å². The van der Waals surface area contributed by atoms with Crippen LogP contribution in [0.15, 0.2) is 0 Å². The third-order valence-electron chi connectivity index (χ3n) is 5.65. The molecule has 1 heterocycles. The van der Waals surface area contributed by atoms with Crippen molar-refractivity contribution in [3.63, 3.8) is 0 Å². The molecule has 17 heavy (non-hydrogen) atoms. The lowest BCUT2D eigenvalue weighted by Crippen LogP contribution is -2.64. The third-order valence-corrected chi connectivity index (χ3v) is 5.65. The Labute approximate surface area is 105 Å². The van der Waals surface area contributed by atoms with Gasteiger partial charge in [-0.15, -0.1) is 0 Å². The van der Waals surface area contributed by atoms with Crippen LogP contribution in [0.2, 0.25) is 0 Å². The molecule has 2 spiro atoms. The molecule has 2 heteroatoms. The van der Waals surface area contributed by atoms with E-state index in [2.05, 4.69) is 19.2 Å². The van der Waals surface area contributed by atoms with Gasteiger partial charge in [0.05, 0.1) is 11.2 Å². The summed E-state index contributed by atoms with van der Waals surface area (Å²) in [5, 5.41) is 3.71. The summed E-state index contributed by atoms with van der Waals surface area (Å²) in [6, 6.07) is 0. The first-order valence-electron chi connectivity index (χ1n) is 7.49. The van der Waals surface area contributed by atoms with Gasteiger partial charge in [-0.05, 0) is 37.5 Å². The maximum Gasteiger partial charge on any atom is 0.0864 e. The Morgan fingerprint density at radius 2 is 1.59 bits per heavy atom. The minimum absolute atomic E-state index is 0.128. The van der Waals surface area contributed by atoms with E-state index < -0.39 is 0 Å². The molecule has 1 atom stereocenters. The molecule has 1 unspecified atom stereocenters. The second-order valence-corrected chi connectivity index (χ2v) is 7.18. The molecule has 1 N–H and O–H groups in total. The fourth-order valence-corrected chi connectivity index (χ4v) is 4.35. The Morgan fingerprint density at radius 1 is 0.824 bits per heavy atom. The van der Waals surface area contributed by atoms with Crippen molar-refractivity contribution in [2.75, 3.05) is 13.1 Å². The zero-order valence-corrected chi connectivity index (χ0v) is 11.5. The molecule has 0 aromatic heterocycles. The summed E-state index contributed by atoms with van der Waals surface area (Å²) in [6.07, 6.45) is 10.6. The lowest BCUT2D eigenvalue weighted by Gasteiger charge is -2.54. The molecule has 0 radical (unpaired) electrons. The highest BCUT2D eigenvalue weighted by atomic mass is 16.5. The van der Waals surface area contributed by atoms with E-state index in [1.807, 2.05) is 0 Å². The van der Waals surface area contributed by atoms with Crippen LogP contribution >= 0.6 is 0 Å². The van der Waals surface area contributed by atoms with Gasteiger partial charge >= 0.3 is 0 Å². The Kier molecular flexibility index (Phi) is 2.79. The first kappa shape index (κ1) is 12.0. The van der Waals surface area contributed by atoms with Gasteiger partial charge in [-0.2, -0.15) is 0 Å². The molecule has 2 saturated carbocycles. The number of rotatable bonds is 0. The molecule has 0 aromatic carbocycles. The molecule has 1 saturated heterocycles. The summed E-state index contributed by atoms with van der Waals surface area (Å²) >= 11 is 0. The molecule has 3 rings (SSSR count). The average Bonchev–Trinajstić information content (AvgIpc) is 2.55. The van der Waals surface area contributed by atoms with E-state index in [-0.39, 0.29) is 11.2 Å². The van der Waals surface area contributed by atoms with Crippen LogP contribution in [0.25, 0.3) is 0 Å². The van der Waals surface area contributed by atoms with Crippen molar-refractivity contribution in [2.45, 2.75) is 76.4 Å². The van der Waals surface area contributed by atoms with Crippen LogP contribution in [-0.4, -0.2) is 24.3 Å². The highest BCUT2D eigenvalue weighted by Crippen LogP contribution is 2.52. The maximum atomic E-state index is 6.82. The van der Waals surface area contributed by atoms with Crippen molar-refractivity contribution in [3.05, 3.63) is 0 Å². The molecule has 1 aliphatic heterocycles. The van der Waals surface area contributed by atoms with Gasteiger partial charge in [0.25, 0.3) is 0 Å². The van der Waals surface area contributed by atoms with Crippen LogP contribution < -0.4 is 5.32 Å². The van der Waals surface area contributed by atoms with Crippen LogP contribution in [0.4, 0.5) is 0 Å². The maximum absolute atomic E-state index is 6.82. The van der Waals surface area contributed by atoms with Crippen LogP contribution in [-0.2, 0) is 4.74 Å². The molecule has 3 fully saturated rings. The van der Waals surface area contributed by atoms with Gasteiger partial charge in [0, 0.05) is 13.1 Å². The van der Waals surface area contributed by atoms with E-state index in [0.29, 0.717) is 5.41 Å². The van der Waals surface area contributed by atoms with E-state index in [9.17, 15) is 0 Å². The van der Waals surface area contributed by atoms with Crippen LogP contribution in [0.5, 0.6) is 0 Å². The highest BCUT2D eigenvalue weighted by molar-refractivity contribution is 5.07. The zero-order chi connectivity index (χ0) is 12.0. The molecule has 3 aliphatic rings. The van der Waals surface area contributed by atoms with Crippen LogP contribution in [0.1, 0.15) is 65.2 Å². The zero-order valence-electron chi connectivity index (χ0n) is 11.5. The topological polar surface area (TPSA) is 21.3 Å². The minimum Gasteiger partial charge on any atom is -0.365 e. The fourth-order valence-electron chi connectivity index (χ4n) is 4.35. The predicted octanol–water partition coefficient (Wildman–Crippen LogP) is 3.26. The Balaban J connectivity index is 1.83. The fraction of sp³-hybridized carbons (Fsp3) is 1.00. The van der Waals surface area contributed by atoms with E-state index in [1.165, 1.54) is 51.4 Å². The van der Waals surface area contributed by atoms with Crippen LogP contribution in [0.3, 0.4) is 0 Å². The SMILES string of the molecule is CC1(C)CCCC12CNCC1(CCCCC1)O2. The second kappa shape index (κ2) is 3.96. The number of morpholine rings is 1. The molecule has 0 bridgehead atoms. The number of hydrogen-bond donors (Lipinski definition) is 1. The molecule has 0 aromatic rings. The molecule has 2 nitrogen and oxygen atoms in total. The minimum atomic E-state index is 0.128. The lowest BCUT2D eigenvalue weighted by atomic mass is 9.74. The summed E-state index contributed by atoms with van der Waals surface area (Å²) in [7, 11) is 0. The van der Waals surface area contributed by atoms with Gasteiger partial charge in [-0.3, -0.25) is 0 Å². The first-order valence-corrected chi connectivity index (χ1v) is 7.49. The molecule has 98 valence electrons. The molecule has 2 aliphatic carbocycles. The Bertz CT molecular complexity index is 288. The summed E-state index contributed by atoms with van der Waals surface area (Å²) in [5.41, 5.74) is 0.658. The standard InChI is InChI=1S/C15H27NO/c1-13(2)7-6-10-15(13)12-16-11-14(17-15)8-4-3-5-9-14/h16H,3-12H2,1-2H3. The quantitative estimate of drug-likeness (QED) is 0.698. The molecular formula is C15H27NO. The van der Waals surface area contributed by atoms with E-state index in [1.54, 1.807) is 0 Å². The van der Waals surface area contributed by atoms with Crippen molar-refractivity contribution in [1.29, 1.82) is 0 Å². The van der Waals surface area contributed by atoms with Gasteiger partial charge in [-0.25, -0.2) is 0 Å².